The van der Waals surface area contributed by atoms with Crippen LogP contribution in [0, 0.1) is 5.92 Å². The zero-order chi connectivity index (χ0) is 18.5. The Kier molecular flexibility index (Phi) is 6.00. The second-order valence-electron chi connectivity index (χ2n) is 6.52. The molecule has 0 aliphatic carbocycles. The topological polar surface area (TPSA) is 71.5 Å². The van der Waals surface area contributed by atoms with Crippen LogP contribution in [0.3, 0.4) is 0 Å². The lowest BCUT2D eigenvalue weighted by Crippen LogP contribution is -2.41. The zero-order valence-corrected chi connectivity index (χ0v) is 15.8. The summed E-state index contributed by atoms with van der Waals surface area (Å²) in [4.78, 5) is 30.5. The molecule has 6 nitrogen and oxygen atoms in total. The van der Waals surface area contributed by atoms with E-state index in [1.54, 1.807) is 0 Å². The molecular formula is C19H23N3O3S. The summed E-state index contributed by atoms with van der Waals surface area (Å²) in [6, 6.07) is 7.60. The fourth-order valence-electron chi connectivity index (χ4n) is 2.59. The lowest BCUT2D eigenvalue weighted by molar-refractivity contribution is -0.134. The van der Waals surface area contributed by atoms with Crippen molar-refractivity contribution in [2.24, 2.45) is 5.92 Å². The molecule has 3 rings (SSSR count). The molecule has 0 spiro atoms. The number of aromatic nitrogens is 1. The van der Waals surface area contributed by atoms with E-state index in [4.69, 9.17) is 4.74 Å². The summed E-state index contributed by atoms with van der Waals surface area (Å²) in [7, 11) is 0. The summed E-state index contributed by atoms with van der Waals surface area (Å²) in [6.45, 7) is 6.24. The summed E-state index contributed by atoms with van der Waals surface area (Å²) in [5.41, 5.74) is 2.58. The van der Waals surface area contributed by atoms with E-state index in [0.29, 0.717) is 32.7 Å². The van der Waals surface area contributed by atoms with Crippen LogP contribution in [0.5, 0.6) is 0 Å². The third kappa shape index (κ3) is 4.68. The number of morpholine rings is 1. The number of benzene rings is 1. The van der Waals surface area contributed by atoms with E-state index in [1.807, 2.05) is 48.4 Å². The highest BCUT2D eigenvalue weighted by Crippen LogP contribution is 2.24. The summed E-state index contributed by atoms with van der Waals surface area (Å²) in [5.74, 6) is 0.0380. The summed E-state index contributed by atoms with van der Waals surface area (Å²) in [6.07, 6.45) is 0.327. The molecule has 7 heteroatoms. The number of amides is 2. The van der Waals surface area contributed by atoms with Gasteiger partial charge in [0.15, 0.2) is 0 Å². The first-order chi connectivity index (χ1) is 12.5. The summed E-state index contributed by atoms with van der Waals surface area (Å²) in [5, 5.41) is 5.65. The average molecular weight is 373 g/mol. The predicted molar refractivity (Wildman–Crippen MR) is 102 cm³/mol. The largest absolute Gasteiger partial charge is 0.378 e. The first kappa shape index (κ1) is 18.5. The molecule has 2 aromatic rings. The third-order valence-electron chi connectivity index (χ3n) is 4.19. The van der Waals surface area contributed by atoms with Crippen molar-refractivity contribution in [3.63, 3.8) is 0 Å². The smallest absolute Gasteiger partial charge is 0.229 e. The number of nitrogens with zero attached hydrogens (tertiary/aromatic N) is 2. The minimum absolute atomic E-state index is 0.00433. The van der Waals surface area contributed by atoms with Crippen molar-refractivity contribution in [1.82, 2.24) is 9.88 Å². The SMILES string of the molecule is CC(C)C(=O)Nc1ccc(-c2csc(CC(=O)N3CCOCC3)n2)cc1. The number of hydrogen-bond acceptors (Lipinski definition) is 5. The van der Waals surface area contributed by atoms with Gasteiger partial charge >= 0.3 is 0 Å². The molecule has 2 amide bonds. The van der Waals surface area contributed by atoms with Gasteiger partial charge in [-0.15, -0.1) is 11.3 Å². The highest BCUT2D eigenvalue weighted by atomic mass is 32.1. The van der Waals surface area contributed by atoms with Gasteiger partial charge in [-0.25, -0.2) is 4.98 Å². The quantitative estimate of drug-likeness (QED) is 0.875. The van der Waals surface area contributed by atoms with Crippen molar-refractivity contribution >= 4 is 28.8 Å². The van der Waals surface area contributed by atoms with E-state index >= 15 is 0 Å². The van der Waals surface area contributed by atoms with Crippen LogP contribution in [-0.2, 0) is 20.7 Å². The van der Waals surface area contributed by atoms with E-state index < -0.39 is 0 Å². The van der Waals surface area contributed by atoms with Gasteiger partial charge in [0.05, 0.1) is 25.3 Å². The Hall–Kier alpha value is -2.25. The molecular weight excluding hydrogens is 350 g/mol. The highest BCUT2D eigenvalue weighted by molar-refractivity contribution is 7.10. The molecule has 1 aromatic heterocycles. The molecule has 1 aliphatic heterocycles. The Labute approximate surface area is 157 Å². The van der Waals surface area contributed by atoms with Crippen molar-refractivity contribution in [1.29, 1.82) is 0 Å². The lowest BCUT2D eigenvalue weighted by Gasteiger charge is -2.26. The van der Waals surface area contributed by atoms with Gasteiger partial charge in [-0.3, -0.25) is 9.59 Å². The Morgan fingerprint density at radius 2 is 1.92 bits per heavy atom. The molecule has 0 bridgehead atoms. The molecule has 26 heavy (non-hydrogen) atoms. The summed E-state index contributed by atoms with van der Waals surface area (Å²) < 4.78 is 5.28. The van der Waals surface area contributed by atoms with Crippen molar-refractivity contribution < 1.29 is 14.3 Å². The van der Waals surface area contributed by atoms with Crippen LogP contribution in [0.25, 0.3) is 11.3 Å². The van der Waals surface area contributed by atoms with Crippen molar-refractivity contribution in [2.75, 3.05) is 31.6 Å². The Morgan fingerprint density at radius 3 is 2.58 bits per heavy atom. The Balaban J connectivity index is 1.62. The molecule has 1 fully saturated rings. The fourth-order valence-corrected chi connectivity index (χ4v) is 3.38. The van der Waals surface area contributed by atoms with E-state index in [1.165, 1.54) is 11.3 Å². The molecule has 0 radical (unpaired) electrons. The number of ether oxygens (including phenoxy) is 1. The third-order valence-corrected chi connectivity index (χ3v) is 5.04. The van der Waals surface area contributed by atoms with E-state index in [2.05, 4.69) is 10.3 Å². The molecule has 138 valence electrons. The molecule has 0 unspecified atom stereocenters. The second kappa shape index (κ2) is 8.42. The van der Waals surface area contributed by atoms with Crippen molar-refractivity contribution in [2.45, 2.75) is 20.3 Å². The Morgan fingerprint density at radius 1 is 1.23 bits per heavy atom. The highest BCUT2D eigenvalue weighted by Gasteiger charge is 2.18. The number of thiazole rings is 1. The minimum atomic E-state index is -0.0558. The van der Waals surface area contributed by atoms with Gasteiger partial charge in [0.25, 0.3) is 0 Å². The van der Waals surface area contributed by atoms with Gasteiger partial charge in [0, 0.05) is 35.6 Å². The van der Waals surface area contributed by atoms with Gasteiger partial charge in [0.2, 0.25) is 11.8 Å². The second-order valence-corrected chi connectivity index (χ2v) is 7.46. The molecule has 0 saturated carbocycles. The molecule has 0 atom stereocenters. The maximum atomic E-state index is 12.3. The fraction of sp³-hybridized carbons (Fsp3) is 0.421. The number of carbonyl (C=O) groups is 2. The van der Waals surface area contributed by atoms with Gasteiger partial charge in [-0.2, -0.15) is 0 Å². The molecule has 1 aromatic carbocycles. The molecule has 1 aliphatic rings. The Bertz CT molecular complexity index is 765. The van der Waals surface area contributed by atoms with Gasteiger partial charge in [-0.05, 0) is 12.1 Å². The van der Waals surface area contributed by atoms with E-state index in [0.717, 1.165) is 22.0 Å². The number of rotatable bonds is 5. The number of hydrogen-bond donors (Lipinski definition) is 1. The minimum Gasteiger partial charge on any atom is -0.378 e. The van der Waals surface area contributed by atoms with Gasteiger partial charge in [-0.1, -0.05) is 26.0 Å². The first-order valence-electron chi connectivity index (χ1n) is 8.74. The van der Waals surface area contributed by atoms with Crippen LogP contribution in [0.4, 0.5) is 5.69 Å². The van der Waals surface area contributed by atoms with Crippen molar-refractivity contribution in [3.05, 3.63) is 34.7 Å². The van der Waals surface area contributed by atoms with Crippen LogP contribution >= 0.6 is 11.3 Å². The predicted octanol–water partition coefficient (Wildman–Crippen LogP) is 2.81. The maximum absolute atomic E-state index is 12.3. The number of nitrogens with one attached hydrogen (secondary N) is 1. The molecule has 1 saturated heterocycles. The average Bonchev–Trinajstić information content (AvgIpc) is 3.11. The standard InChI is InChI=1S/C19H23N3O3S/c1-13(2)19(24)20-15-5-3-14(4-6-15)16-12-26-17(21-16)11-18(23)22-7-9-25-10-8-22/h3-6,12-13H,7-11H2,1-2H3,(H,20,24). The van der Waals surface area contributed by atoms with Crippen LogP contribution < -0.4 is 5.32 Å². The van der Waals surface area contributed by atoms with Crippen LogP contribution in [0.15, 0.2) is 29.6 Å². The van der Waals surface area contributed by atoms with Crippen LogP contribution in [-0.4, -0.2) is 48.0 Å². The zero-order valence-electron chi connectivity index (χ0n) is 15.0. The van der Waals surface area contributed by atoms with Gasteiger partial charge < -0.3 is 15.0 Å². The lowest BCUT2D eigenvalue weighted by atomic mass is 10.1. The number of carbonyl (C=O) groups excluding carboxylic acids is 2. The monoisotopic (exact) mass is 373 g/mol. The van der Waals surface area contributed by atoms with E-state index in [9.17, 15) is 9.59 Å². The van der Waals surface area contributed by atoms with E-state index in [-0.39, 0.29) is 17.7 Å². The molecule has 1 N–H and O–H groups in total. The van der Waals surface area contributed by atoms with Crippen LogP contribution in [0.1, 0.15) is 18.9 Å². The summed E-state index contributed by atoms with van der Waals surface area (Å²) >= 11 is 1.50. The van der Waals surface area contributed by atoms with Crippen molar-refractivity contribution in [3.8, 4) is 11.3 Å². The normalized spacial score (nSPS) is 14.5. The first-order valence-corrected chi connectivity index (χ1v) is 9.62. The maximum Gasteiger partial charge on any atom is 0.229 e. The van der Waals surface area contributed by atoms with Crippen LogP contribution in [0.2, 0.25) is 0 Å². The van der Waals surface area contributed by atoms with Gasteiger partial charge in [0.1, 0.15) is 5.01 Å². The molecule has 2 heterocycles. The number of anilines is 1.